The summed E-state index contributed by atoms with van der Waals surface area (Å²) in [4.78, 5) is 1.34. The highest BCUT2D eigenvalue weighted by molar-refractivity contribution is 7.90. The Hall–Kier alpha value is -0.430. The van der Waals surface area contributed by atoms with Crippen molar-refractivity contribution >= 4 is 21.4 Å². The molecule has 0 spiro atoms. The van der Waals surface area contributed by atoms with Gasteiger partial charge in [0.1, 0.15) is 0 Å². The molecule has 3 rings (SSSR count). The second-order valence-corrected chi connectivity index (χ2v) is 9.03. The van der Waals surface area contributed by atoms with Crippen molar-refractivity contribution < 1.29 is 8.42 Å². The van der Waals surface area contributed by atoms with Gasteiger partial charge >= 0.3 is 0 Å². The smallest absolute Gasteiger partial charge is 0.216 e. The van der Waals surface area contributed by atoms with E-state index in [1.807, 2.05) is 0 Å². The van der Waals surface area contributed by atoms with Gasteiger partial charge in [-0.05, 0) is 56.0 Å². The molecule has 2 unspecified atom stereocenters. The molecular weight excluding hydrogens is 292 g/mol. The quantitative estimate of drug-likeness (QED) is 0.846. The molecule has 2 aliphatic rings. The average molecular weight is 314 g/mol. The van der Waals surface area contributed by atoms with Gasteiger partial charge in [-0.1, -0.05) is 0 Å². The summed E-state index contributed by atoms with van der Waals surface area (Å²) in [7, 11) is -3.26. The third-order valence-electron chi connectivity index (χ3n) is 4.16. The molecule has 0 radical (unpaired) electrons. The third kappa shape index (κ3) is 3.24. The maximum absolute atomic E-state index is 12.4. The van der Waals surface area contributed by atoms with E-state index in [2.05, 4.69) is 21.5 Å². The molecule has 0 saturated heterocycles. The van der Waals surface area contributed by atoms with Crippen molar-refractivity contribution in [3.8, 4) is 0 Å². The van der Waals surface area contributed by atoms with Crippen LogP contribution in [-0.2, 0) is 16.4 Å². The first-order valence-corrected chi connectivity index (χ1v) is 9.79. The summed E-state index contributed by atoms with van der Waals surface area (Å²) in [5, 5.41) is 4.98. The van der Waals surface area contributed by atoms with Crippen molar-refractivity contribution in [2.75, 3.05) is 6.54 Å². The number of sulfonamides is 1. The maximum Gasteiger partial charge on any atom is 0.216 e. The molecule has 0 amide bonds. The van der Waals surface area contributed by atoms with Crippen LogP contribution in [-0.4, -0.2) is 26.3 Å². The molecule has 0 aromatic carbocycles. The van der Waals surface area contributed by atoms with Crippen LogP contribution in [0.5, 0.6) is 0 Å². The van der Waals surface area contributed by atoms with Crippen molar-refractivity contribution in [2.45, 2.75) is 56.4 Å². The van der Waals surface area contributed by atoms with Gasteiger partial charge in [-0.15, -0.1) is 11.3 Å². The van der Waals surface area contributed by atoms with E-state index < -0.39 is 10.0 Å². The molecule has 1 aromatic heterocycles. The lowest BCUT2D eigenvalue weighted by Gasteiger charge is -2.25. The van der Waals surface area contributed by atoms with E-state index in [0.717, 1.165) is 19.3 Å². The lowest BCUT2D eigenvalue weighted by atomic mass is 9.95. The zero-order chi connectivity index (χ0) is 14.2. The first kappa shape index (κ1) is 14.5. The van der Waals surface area contributed by atoms with E-state index in [9.17, 15) is 8.42 Å². The van der Waals surface area contributed by atoms with E-state index in [4.69, 9.17) is 0 Å². The fraction of sp³-hybridized carbons (Fsp3) is 0.714. The van der Waals surface area contributed by atoms with E-state index in [-0.39, 0.29) is 11.3 Å². The van der Waals surface area contributed by atoms with E-state index in [1.54, 1.807) is 18.3 Å². The number of hydrogen-bond donors (Lipinski definition) is 2. The Bertz CT molecular complexity index is 563. The summed E-state index contributed by atoms with van der Waals surface area (Å²) in [5.74, 6) is 0. The topological polar surface area (TPSA) is 58.2 Å². The molecule has 112 valence electrons. The molecule has 1 fully saturated rings. The van der Waals surface area contributed by atoms with Crippen LogP contribution in [0.15, 0.2) is 11.4 Å². The van der Waals surface area contributed by atoms with Gasteiger partial charge in [-0.25, -0.2) is 13.1 Å². The highest BCUT2D eigenvalue weighted by Crippen LogP contribution is 2.33. The molecule has 0 aliphatic heterocycles. The second-order valence-electron chi connectivity index (χ2n) is 5.90. The van der Waals surface area contributed by atoms with Crippen LogP contribution in [0, 0.1) is 0 Å². The van der Waals surface area contributed by atoms with Crippen LogP contribution >= 0.6 is 11.3 Å². The van der Waals surface area contributed by atoms with Crippen molar-refractivity contribution in [2.24, 2.45) is 0 Å². The number of hydrogen-bond acceptors (Lipinski definition) is 4. The molecule has 4 nitrogen and oxygen atoms in total. The molecule has 2 atom stereocenters. The van der Waals surface area contributed by atoms with Crippen molar-refractivity contribution in [1.29, 1.82) is 0 Å². The van der Waals surface area contributed by atoms with Gasteiger partial charge in [0.15, 0.2) is 0 Å². The normalized spacial score (nSPS) is 24.4. The Morgan fingerprint density at radius 3 is 2.95 bits per heavy atom. The highest BCUT2D eigenvalue weighted by Gasteiger charge is 2.30. The number of fused-ring (bicyclic) bond motifs is 1. The summed E-state index contributed by atoms with van der Waals surface area (Å²) in [5.41, 5.74) is 1.19. The number of aryl methyl sites for hydroxylation is 1. The first-order chi connectivity index (χ1) is 9.56. The Kier molecular flexibility index (Phi) is 4.17. The van der Waals surface area contributed by atoms with Crippen molar-refractivity contribution in [3.05, 3.63) is 21.9 Å². The third-order valence-corrected chi connectivity index (χ3v) is 7.00. The van der Waals surface area contributed by atoms with E-state index >= 15 is 0 Å². The van der Waals surface area contributed by atoms with Gasteiger partial charge < -0.3 is 5.32 Å². The SMILES string of the molecule is CC(CNC1CC1)S(=O)(=O)NC1CCCc2sccc21. The summed E-state index contributed by atoms with van der Waals surface area (Å²) in [6.07, 6.45) is 5.42. The Morgan fingerprint density at radius 1 is 1.40 bits per heavy atom. The molecule has 6 heteroatoms. The van der Waals surface area contributed by atoms with Gasteiger partial charge in [0.05, 0.1) is 5.25 Å². The Morgan fingerprint density at radius 2 is 2.20 bits per heavy atom. The Labute approximate surface area is 125 Å². The zero-order valence-electron chi connectivity index (χ0n) is 11.8. The maximum atomic E-state index is 12.4. The van der Waals surface area contributed by atoms with E-state index in [1.165, 1.54) is 23.3 Å². The monoisotopic (exact) mass is 314 g/mol. The van der Waals surface area contributed by atoms with Crippen LogP contribution in [0.2, 0.25) is 0 Å². The fourth-order valence-corrected chi connectivity index (χ4v) is 4.83. The fourth-order valence-electron chi connectivity index (χ4n) is 2.65. The number of nitrogens with one attached hydrogen (secondary N) is 2. The minimum atomic E-state index is -3.26. The zero-order valence-corrected chi connectivity index (χ0v) is 13.4. The van der Waals surface area contributed by atoms with Crippen LogP contribution in [0.3, 0.4) is 0 Å². The van der Waals surface area contributed by atoms with Crippen LogP contribution in [0.1, 0.15) is 49.1 Å². The summed E-state index contributed by atoms with van der Waals surface area (Å²) >= 11 is 1.74. The van der Waals surface area contributed by atoms with Crippen LogP contribution in [0.4, 0.5) is 0 Å². The predicted octanol–water partition coefficient (Wildman–Crippen LogP) is 2.19. The largest absolute Gasteiger partial charge is 0.313 e. The molecule has 2 aliphatic carbocycles. The van der Waals surface area contributed by atoms with Crippen LogP contribution < -0.4 is 10.0 Å². The molecule has 1 heterocycles. The van der Waals surface area contributed by atoms with Gasteiger partial charge in [-0.3, -0.25) is 0 Å². The number of thiophene rings is 1. The lowest BCUT2D eigenvalue weighted by Crippen LogP contribution is -2.41. The van der Waals surface area contributed by atoms with Gasteiger partial charge in [0.2, 0.25) is 10.0 Å². The minimum Gasteiger partial charge on any atom is -0.313 e. The molecule has 20 heavy (non-hydrogen) atoms. The minimum absolute atomic E-state index is 0.0293. The lowest BCUT2D eigenvalue weighted by molar-refractivity contribution is 0.501. The summed E-state index contributed by atoms with van der Waals surface area (Å²) in [6, 6.07) is 2.59. The van der Waals surface area contributed by atoms with Gasteiger partial charge in [-0.2, -0.15) is 0 Å². The second kappa shape index (κ2) is 5.75. The van der Waals surface area contributed by atoms with Gasteiger partial charge in [0, 0.05) is 23.5 Å². The molecule has 0 bridgehead atoms. The molecule has 2 N–H and O–H groups in total. The first-order valence-electron chi connectivity index (χ1n) is 7.37. The molecular formula is C14H22N2O2S2. The number of rotatable bonds is 6. The van der Waals surface area contributed by atoms with Crippen LogP contribution in [0.25, 0.3) is 0 Å². The highest BCUT2D eigenvalue weighted by atomic mass is 32.2. The van der Waals surface area contributed by atoms with Crippen molar-refractivity contribution in [1.82, 2.24) is 10.0 Å². The standard InChI is InChI=1S/C14H22N2O2S2/c1-10(9-15-11-5-6-11)20(17,18)16-13-3-2-4-14-12(13)7-8-19-14/h7-8,10-11,13,15-16H,2-6,9H2,1H3. The predicted molar refractivity (Wildman–Crippen MR) is 82.5 cm³/mol. The van der Waals surface area contributed by atoms with E-state index in [0.29, 0.717) is 12.6 Å². The molecule has 1 aromatic rings. The summed E-state index contributed by atoms with van der Waals surface area (Å²) < 4.78 is 27.8. The summed E-state index contributed by atoms with van der Waals surface area (Å²) in [6.45, 7) is 2.33. The van der Waals surface area contributed by atoms with Gasteiger partial charge in [0.25, 0.3) is 0 Å². The van der Waals surface area contributed by atoms with Crippen molar-refractivity contribution in [3.63, 3.8) is 0 Å². The Balaban J connectivity index is 1.64. The average Bonchev–Trinajstić information content (AvgIpc) is 3.11. The molecule has 1 saturated carbocycles.